The van der Waals surface area contributed by atoms with Crippen molar-refractivity contribution >= 4 is 0 Å². The van der Waals surface area contributed by atoms with Gasteiger partial charge in [-0.15, -0.1) is 0 Å². The standard InChI is InChI=1S/C19H28O2/c1-5-7-12-9-15(20)17-16(10-12)21-11-13-14(8-6-2)19(3,4)18(13)17/h9-10,13-14,18,20H,5-8,11H2,1-4H3/t13?,14-,18+/m1/s1. The Morgan fingerprint density at radius 2 is 2.00 bits per heavy atom. The molecule has 1 heterocycles. The fourth-order valence-corrected chi connectivity index (χ4v) is 4.86. The minimum atomic E-state index is 0.267. The smallest absolute Gasteiger partial charge is 0.126 e. The first kappa shape index (κ1) is 14.7. The van der Waals surface area contributed by atoms with Crippen molar-refractivity contribution < 1.29 is 9.84 Å². The summed E-state index contributed by atoms with van der Waals surface area (Å²) in [7, 11) is 0. The van der Waals surface area contributed by atoms with E-state index in [0.29, 0.717) is 17.6 Å². The molecule has 116 valence electrons. The van der Waals surface area contributed by atoms with Crippen molar-refractivity contribution in [2.24, 2.45) is 17.3 Å². The topological polar surface area (TPSA) is 29.5 Å². The first-order chi connectivity index (χ1) is 10.0. The number of rotatable bonds is 4. The van der Waals surface area contributed by atoms with Gasteiger partial charge in [0.25, 0.3) is 0 Å². The summed E-state index contributed by atoms with van der Waals surface area (Å²) in [6, 6.07) is 4.11. The van der Waals surface area contributed by atoms with Crippen LogP contribution in [0, 0.1) is 17.3 Å². The lowest BCUT2D eigenvalue weighted by Crippen LogP contribution is -2.55. The highest BCUT2D eigenvalue weighted by atomic mass is 16.5. The van der Waals surface area contributed by atoms with Gasteiger partial charge in [0.2, 0.25) is 0 Å². The minimum absolute atomic E-state index is 0.267. The second-order valence-corrected chi connectivity index (χ2v) is 7.45. The van der Waals surface area contributed by atoms with Crippen LogP contribution in [0.4, 0.5) is 0 Å². The van der Waals surface area contributed by atoms with Gasteiger partial charge in [0.05, 0.1) is 6.61 Å². The Morgan fingerprint density at radius 1 is 1.24 bits per heavy atom. The number of benzene rings is 1. The lowest BCUT2D eigenvalue weighted by Gasteiger charge is -2.61. The molecule has 2 nitrogen and oxygen atoms in total. The number of phenols is 1. The second-order valence-electron chi connectivity index (χ2n) is 7.45. The van der Waals surface area contributed by atoms with E-state index in [2.05, 4.69) is 33.8 Å². The number of fused-ring (bicyclic) bond motifs is 3. The lowest BCUT2D eigenvalue weighted by atomic mass is 9.45. The van der Waals surface area contributed by atoms with Gasteiger partial charge in [0.15, 0.2) is 0 Å². The minimum Gasteiger partial charge on any atom is -0.508 e. The van der Waals surface area contributed by atoms with Crippen LogP contribution in [-0.4, -0.2) is 11.7 Å². The third-order valence-electron chi connectivity index (χ3n) is 5.76. The van der Waals surface area contributed by atoms with E-state index >= 15 is 0 Å². The Kier molecular flexibility index (Phi) is 3.67. The molecule has 1 aromatic rings. The van der Waals surface area contributed by atoms with E-state index in [1.165, 1.54) is 18.4 Å². The molecule has 1 aliphatic heterocycles. The molecule has 1 aliphatic carbocycles. The van der Waals surface area contributed by atoms with Gasteiger partial charge >= 0.3 is 0 Å². The molecule has 1 unspecified atom stereocenters. The molecule has 0 amide bonds. The van der Waals surface area contributed by atoms with Gasteiger partial charge in [-0.25, -0.2) is 0 Å². The van der Waals surface area contributed by atoms with Gasteiger partial charge in [0, 0.05) is 17.4 Å². The number of hydrogen-bond acceptors (Lipinski definition) is 2. The Morgan fingerprint density at radius 3 is 2.67 bits per heavy atom. The molecule has 3 atom stereocenters. The predicted molar refractivity (Wildman–Crippen MR) is 86.0 cm³/mol. The van der Waals surface area contributed by atoms with E-state index in [1.807, 2.05) is 6.07 Å². The number of hydrogen-bond donors (Lipinski definition) is 1. The molecular weight excluding hydrogens is 260 g/mol. The fraction of sp³-hybridized carbons (Fsp3) is 0.684. The summed E-state index contributed by atoms with van der Waals surface area (Å²) in [5, 5.41) is 10.6. The molecule has 0 bridgehead atoms. The van der Waals surface area contributed by atoms with E-state index < -0.39 is 0 Å². The van der Waals surface area contributed by atoms with Gasteiger partial charge in [-0.3, -0.25) is 0 Å². The summed E-state index contributed by atoms with van der Waals surface area (Å²) in [6.45, 7) is 9.97. The number of ether oxygens (including phenoxy) is 1. The lowest BCUT2D eigenvalue weighted by molar-refractivity contribution is -0.0877. The normalized spacial score (nSPS) is 29.0. The third kappa shape index (κ3) is 2.15. The molecule has 1 aromatic carbocycles. The molecule has 0 aromatic heterocycles. The van der Waals surface area contributed by atoms with Crippen molar-refractivity contribution in [3.63, 3.8) is 0 Å². The van der Waals surface area contributed by atoms with E-state index in [-0.39, 0.29) is 5.41 Å². The molecule has 2 heteroatoms. The van der Waals surface area contributed by atoms with E-state index in [9.17, 15) is 5.11 Å². The van der Waals surface area contributed by atoms with Crippen molar-refractivity contribution in [1.29, 1.82) is 0 Å². The predicted octanol–water partition coefficient (Wildman–Crippen LogP) is 4.89. The molecular formula is C19H28O2. The van der Waals surface area contributed by atoms with E-state index in [1.54, 1.807) is 0 Å². The average Bonchev–Trinajstić information content (AvgIpc) is 2.44. The maximum Gasteiger partial charge on any atom is 0.126 e. The summed E-state index contributed by atoms with van der Waals surface area (Å²) in [6.07, 6.45) is 4.58. The first-order valence-corrected chi connectivity index (χ1v) is 8.49. The number of phenolic OH excluding ortho intramolecular Hbond substituents is 1. The van der Waals surface area contributed by atoms with Gasteiger partial charge in [0.1, 0.15) is 11.5 Å². The van der Waals surface area contributed by atoms with Gasteiger partial charge in [-0.05, 0) is 41.9 Å². The Bertz CT molecular complexity index is 533. The van der Waals surface area contributed by atoms with Crippen molar-refractivity contribution in [2.75, 3.05) is 6.61 Å². The van der Waals surface area contributed by atoms with Crippen LogP contribution in [0.1, 0.15) is 64.0 Å². The second kappa shape index (κ2) is 5.23. The number of aromatic hydroxyl groups is 1. The zero-order valence-electron chi connectivity index (χ0n) is 13.8. The third-order valence-corrected chi connectivity index (χ3v) is 5.76. The largest absolute Gasteiger partial charge is 0.508 e. The molecule has 1 fully saturated rings. The molecule has 1 saturated carbocycles. The van der Waals surface area contributed by atoms with Crippen LogP contribution < -0.4 is 4.74 Å². The van der Waals surface area contributed by atoms with Crippen LogP contribution in [0.15, 0.2) is 12.1 Å². The summed E-state index contributed by atoms with van der Waals surface area (Å²) in [4.78, 5) is 0. The molecule has 1 N–H and O–H groups in total. The average molecular weight is 288 g/mol. The van der Waals surface area contributed by atoms with Crippen molar-refractivity contribution in [3.05, 3.63) is 23.3 Å². The Balaban J connectivity index is 1.97. The van der Waals surface area contributed by atoms with Gasteiger partial charge in [-0.2, -0.15) is 0 Å². The van der Waals surface area contributed by atoms with E-state index in [4.69, 9.17) is 4.74 Å². The van der Waals surface area contributed by atoms with Crippen molar-refractivity contribution in [3.8, 4) is 11.5 Å². The quantitative estimate of drug-likeness (QED) is 0.854. The van der Waals surface area contributed by atoms with Crippen LogP contribution in [0.2, 0.25) is 0 Å². The summed E-state index contributed by atoms with van der Waals surface area (Å²) < 4.78 is 6.04. The van der Waals surface area contributed by atoms with Gasteiger partial charge < -0.3 is 9.84 Å². The Hall–Kier alpha value is -1.18. The molecule has 21 heavy (non-hydrogen) atoms. The fourth-order valence-electron chi connectivity index (χ4n) is 4.86. The SMILES string of the molecule is CCCc1cc(O)c2c(c1)OCC1[C@@H](CCC)C(C)(C)[C@H]21. The summed E-state index contributed by atoms with van der Waals surface area (Å²) >= 11 is 0. The van der Waals surface area contributed by atoms with Crippen LogP contribution in [0.25, 0.3) is 0 Å². The summed E-state index contributed by atoms with van der Waals surface area (Å²) in [5.41, 5.74) is 2.53. The Labute approximate surface area is 128 Å². The number of aryl methyl sites for hydroxylation is 1. The van der Waals surface area contributed by atoms with Crippen molar-refractivity contribution in [1.82, 2.24) is 0 Å². The molecule has 2 aliphatic rings. The molecule has 3 rings (SSSR count). The molecule has 0 radical (unpaired) electrons. The highest BCUT2D eigenvalue weighted by Crippen LogP contribution is 2.66. The highest BCUT2D eigenvalue weighted by Gasteiger charge is 2.59. The molecule has 0 saturated heterocycles. The molecule has 0 spiro atoms. The zero-order chi connectivity index (χ0) is 15.2. The first-order valence-electron chi connectivity index (χ1n) is 8.49. The van der Waals surface area contributed by atoms with Crippen LogP contribution in [-0.2, 0) is 6.42 Å². The van der Waals surface area contributed by atoms with Crippen LogP contribution in [0.5, 0.6) is 11.5 Å². The van der Waals surface area contributed by atoms with E-state index in [0.717, 1.165) is 36.7 Å². The van der Waals surface area contributed by atoms with Gasteiger partial charge in [-0.1, -0.05) is 40.5 Å². The summed E-state index contributed by atoms with van der Waals surface area (Å²) in [5.74, 6) is 3.13. The van der Waals surface area contributed by atoms with Crippen molar-refractivity contribution in [2.45, 2.75) is 59.3 Å². The maximum absolute atomic E-state index is 10.6. The zero-order valence-corrected chi connectivity index (χ0v) is 13.8. The van der Waals surface area contributed by atoms with Crippen LogP contribution in [0.3, 0.4) is 0 Å². The monoisotopic (exact) mass is 288 g/mol. The highest BCUT2D eigenvalue weighted by molar-refractivity contribution is 5.53. The van der Waals surface area contributed by atoms with Crippen LogP contribution >= 0.6 is 0 Å². The maximum atomic E-state index is 10.6.